The Morgan fingerprint density at radius 1 is 0.906 bits per heavy atom. The number of ether oxygens (including phenoxy) is 1. The first-order valence-corrected chi connectivity index (χ1v) is 22.4. The van der Waals surface area contributed by atoms with Crippen LogP contribution in [0.1, 0.15) is 96.2 Å². The third-order valence-corrected chi connectivity index (χ3v) is 13.5. The molecule has 4 aliphatic heterocycles. The van der Waals surface area contributed by atoms with Gasteiger partial charge in [0.15, 0.2) is 0 Å². The second-order valence-corrected chi connectivity index (χ2v) is 17.9. The summed E-state index contributed by atoms with van der Waals surface area (Å²) in [6.45, 7) is 7.99. The van der Waals surface area contributed by atoms with Gasteiger partial charge in [-0.15, -0.1) is 0 Å². The number of hydrogen-bond acceptors (Lipinski definition) is 10. The van der Waals surface area contributed by atoms with Gasteiger partial charge in [-0.25, -0.2) is 18.4 Å². The van der Waals surface area contributed by atoms with Gasteiger partial charge in [0.2, 0.25) is 23.6 Å². The molecule has 3 aromatic heterocycles. The number of anilines is 2. The maximum atomic E-state index is 15.3. The van der Waals surface area contributed by atoms with Crippen LogP contribution in [-0.4, -0.2) is 110 Å². The minimum atomic E-state index is -1.03. The zero-order valence-corrected chi connectivity index (χ0v) is 36.7. The topological polar surface area (TPSA) is 160 Å². The molecule has 4 aliphatic rings. The normalized spacial score (nSPS) is 20.7. The number of imide groups is 1. The van der Waals surface area contributed by atoms with Crippen LogP contribution in [0.4, 0.5) is 20.4 Å². The van der Waals surface area contributed by atoms with E-state index in [0.717, 1.165) is 57.1 Å². The van der Waals surface area contributed by atoms with Crippen molar-refractivity contribution in [3.63, 3.8) is 0 Å². The van der Waals surface area contributed by atoms with Crippen LogP contribution < -0.4 is 20.3 Å². The Labute approximate surface area is 370 Å². The van der Waals surface area contributed by atoms with Crippen molar-refractivity contribution < 1.29 is 32.7 Å². The van der Waals surface area contributed by atoms with E-state index in [-0.39, 0.29) is 42.2 Å². The molecule has 0 saturated carbocycles. The minimum Gasteiger partial charge on any atom is -0.477 e. The predicted octanol–water partition coefficient (Wildman–Crippen LogP) is 6.21. The van der Waals surface area contributed by atoms with Crippen molar-refractivity contribution in [3.05, 3.63) is 82.7 Å². The average molecular weight is 877 g/mol. The van der Waals surface area contributed by atoms with Gasteiger partial charge < -0.3 is 24.0 Å². The van der Waals surface area contributed by atoms with Gasteiger partial charge in [0, 0.05) is 93.4 Å². The van der Waals surface area contributed by atoms with Gasteiger partial charge in [-0.1, -0.05) is 6.92 Å². The van der Waals surface area contributed by atoms with E-state index in [0.29, 0.717) is 83.4 Å². The lowest BCUT2D eigenvalue weighted by Gasteiger charge is -2.43. The van der Waals surface area contributed by atoms with Gasteiger partial charge in [-0.2, -0.15) is 5.10 Å². The molecular weight excluding hydrogens is 823 g/mol. The summed E-state index contributed by atoms with van der Waals surface area (Å²) in [5.74, 6) is -2.86. The first kappa shape index (κ1) is 43.0. The number of aryl methyl sites for hydroxylation is 2. The number of likely N-dealkylation sites (tertiary alicyclic amines) is 1. The number of amides is 4. The quantitative estimate of drug-likeness (QED) is 0.195. The Balaban J connectivity index is 0.848. The van der Waals surface area contributed by atoms with E-state index in [1.807, 2.05) is 53.6 Å². The second kappa shape index (κ2) is 17.7. The largest absolute Gasteiger partial charge is 0.477 e. The number of benzene rings is 2. The predicted molar refractivity (Wildman–Crippen MR) is 236 cm³/mol. The van der Waals surface area contributed by atoms with Crippen molar-refractivity contribution in [1.29, 1.82) is 0 Å². The number of piperidine rings is 3. The maximum absolute atomic E-state index is 15.3. The summed E-state index contributed by atoms with van der Waals surface area (Å²) in [6.07, 6.45) is 6.77. The molecule has 4 amide bonds. The molecule has 3 saturated heterocycles. The van der Waals surface area contributed by atoms with Gasteiger partial charge in [-0.05, 0) is 100 Å². The first-order chi connectivity index (χ1) is 30.8. The number of carbonyl (C=O) groups excluding carboxylic acids is 4. The third kappa shape index (κ3) is 8.56. The van der Waals surface area contributed by atoms with Crippen LogP contribution in [-0.2, 0) is 23.2 Å². The van der Waals surface area contributed by atoms with Crippen molar-refractivity contribution in [2.24, 2.45) is 13.0 Å². The third-order valence-electron chi connectivity index (χ3n) is 13.5. The van der Waals surface area contributed by atoms with Crippen LogP contribution in [0.3, 0.4) is 0 Å². The SMILES string of the molecule is Cc1cc2cc(n1)-c1cnn(C)c1OCCC[C@@H](C)Cn1c(nc3ccc(C(=O)N(C)C4CCN(C5CCN(c6cc(F)c([C@H]7CCC(=O)NC7=O)c(F)c6)CC5)CC4)cc31)NC2=O. The van der Waals surface area contributed by atoms with Gasteiger partial charge in [-0.3, -0.25) is 34.8 Å². The molecule has 2 bridgehead atoms. The fourth-order valence-corrected chi connectivity index (χ4v) is 9.98. The fraction of sp³-hybridized carbons (Fsp3) is 0.468. The van der Waals surface area contributed by atoms with Crippen LogP contribution in [0.5, 0.6) is 5.88 Å². The van der Waals surface area contributed by atoms with E-state index in [1.54, 1.807) is 23.0 Å². The number of hydrogen-bond donors (Lipinski definition) is 2. The number of rotatable bonds is 5. The van der Waals surface area contributed by atoms with Crippen molar-refractivity contribution in [2.75, 3.05) is 50.1 Å². The highest BCUT2D eigenvalue weighted by Gasteiger charge is 2.35. The number of nitrogens with zero attached hydrogens (tertiary/aromatic N) is 8. The lowest BCUT2D eigenvalue weighted by atomic mass is 9.89. The van der Waals surface area contributed by atoms with Crippen LogP contribution in [0.2, 0.25) is 0 Å². The van der Waals surface area contributed by atoms with Gasteiger partial charge in [0.05, 0.1) is 41.0 Å². The van der Waals surface area contributed by atoms with Gasteiger partial charge in [0.25, 0.3) is 11.8 Å². The van der Waals surface area contributed by atoms with Crippen LogP contribution in [0.25, 0.3) is 22.3 Å². The van der Waals surface area contributed by atoms with Gasteiger partial charge >= 0.3 is 0 Å². The molecule has 7 heterocycles. The smallest absolute Gasteiger partial charge is 0.258 e. The van der Waals surface area contributed by atoms with E-state index < -0.39 is 29.4 Å². The average Bonchev–Trinajstić information content (AvgIpc) is 3.82. The number of imidazole rings is 1. The zero-order chi connectivity index (χ0) is 44.8. The number of halogens is 2. The molecule has 0 aliphatic carbocycles. The minimum absolute atomic E-state index is 0.0450. The van der Waals surface area contributed by atoms with Crippen molar-refractivity contribution in [1.82, 2.24) is 39.4 Å². The molecule has 0 spiro atoms. The highest BCUT2D eigenvalue weighted by Crippen LogP contribution is 2.35. The molecule has 2 atom stereocenters. The molecule has 15 nitrogen and oxygen atoms in total. The monoisotopic (exact) mass is 876 g/mol. The highest BCUT2D eigenvalue weighted by molar-refractivity contribution is 6.05. The zero-order valence-electron chi connectivity index (χ0n) is 36.7. The molecule has 336 valence electrons. The standard InChI is InChI=1S/C47H54F2N10O5/c1-27-6-5-19-64-46-35(25-50-56(46)4)39-21-30(20-28(2)51-39)43(61)54-47-52-38-9-7-29(22-40(38)59(47)26-27)45(63)55(3)31-11-15-57(16-12-31)32-13-17-58(18-14-32)33-23-36(48)42(37(49)24-33)34-8-10-41(60)53-44(34)62/h7,9,20-25,27,31-32,34H,5-6,8,10-19,26H2,1-4H3,(H,52,54,61)(H,53,60,62)/t27-,34-/m1/s1. The van der Waals surface area contributed by atoms with Crippen LogP contribution in [0.15, 0.2) is 48.7 Å². The Bertz CT molecular complexity index is 2610. The lowest BCUT2D eigenvalue weighted by Crippen LogP contribution is -2.51. The molecule has 0 radical (unpaired) electrons. The fourth-order valence-electron chi connectivity index (χ4n) is 9.98. The Hall–Kier alpha value is -6.23. The molecule has 0 unspecified atom stereocenters. The molecule has 9 rings (SSSR count). The lowest BCUT2D eigenvalue weighted by molar-refractivity contribution is -0.134. The van der Waals surface area contributed by atoms with E-state index in [2.05, 4.69) is 27.6 Å². The molecule has 64 heavy (non-hydrogen) atoms. The Morgan fingerprint density at radius 2 is 1.66 bits per heavy atom. The van der Waals surface area contributed by atoms with Crippen LogP contribution in [0, 0.1) is 24.5 Å². The summed E-state index contributed by atoms with van der Waals surface area (Å²) in [4.78, 5) is 67.8. The van der Waals surface area contributed by atoms with Crippen LogP contribution >= 0.6 is 0 Å². The summed E-state index contributed by atoms with van der Waals surface area (Å²) in [5, 5.41) is 9.65. The molecule has 17 heteroatoms. The number of aromatic nitrogens is 5. The van der Waals surface area contributed by atoms with Crippen molar-refractivity contribution in [2.45, 2.75) is 89.8 Å². The van der Waals surface area contributed by atoms with E-state index >= 15 is 8.78 Å². The molecule has 2 aromatic carbocycles. The number of fused-ring (bicyclic) bond motifs is 7. The number of pyridine rings is 1. The molecule has 5 aromatic rings. The maximum Gasteiger partial charge on any atom is 0.258 e. The highest BCUT2D eigenvalue weighted by atomic mass is 19.1. The van der Waals surface area contributed by atoms with Crippen molar-refractivity contribution >= 4 is 46.3 Å². The number of carbonyl (C=O) groups is 4. The number of nitrogens with one attached hydrogen (secondary N) is 2. The summed E-state index contributed by atoms with van der Waals surface area (Å²) in [6, 6.07) is 12.0. The molecular formula is C47H54F2N10O5. The first-order valence-electron chi connectivity index (χ1n) is 22.4. The Kier molecular flexibility index (Phi) is 11.9. The summed E-state index contributed by atoms with van der Waals surface area (Å²) in [5.41, 5.74) is 4.57. The van der Waals surface area contributed by atoms with E-state index in [4.69, 9.17) is 14.7 Å². The van der Waals surface area contributed by atoms with Crippen molar-refractivity contribution in [3.8, 4) is 17.1 Å². The summed E-state index contributed by atoms with van der Waals surface area (Å²) in [7, 11) is 3.69. The summed E-state index contributed by atoms with van der Waals surface area (Å²) < 4.78 is 40.5. The Morgan fingerprint density at radius 3 is 2.39 bits per heavy atom. The van der Waals surface area contributed by atoms with E-state index in [9.17, 15) is 19.2 Å². The van der Waals surface area contributed by atoms with E-state index in [1.165, 1.54) is 12.1 Å². The van der Waals surface area contributed by atoms with Gasteiger partial charge in [0.1, 0.15) is 11.6 Å². The molecule has 2 N–H and O–H groups in total. The second-order valence-electron chi connectivity index (χ2n) is 17.9. The molecule has 3 fully saturated rings. The summed E-state index contributed by atoms with van der Waals surface area (Å²) >= 11 is 0.